The topological polar surface area (TPSA) is 42.8 Å². The molecular formula is C38H46N2O2. The third-order valence-electron chi connectivity index (χ3n) is 11.2. The fourth-order valence-electron chi connectivity index (χ4n) is 8.57. The maximum atomic E-state index is 6.08. The number of ether oxygens (including phenoxy) is 2. The van der Waals surface area contributed by atoms with Crippen molar-refractivity contribution in [3.8, 4) is 5.75 Å². The first-order valence-electron chi connectivity index (χ1n) is 16.2. The van der Waals surface area contributed by atoms with E-state index in [0.29, 0.717) is 12.0 Å². The molecule has 2 aromatic rings. The van der Waals surface area contributed by atoms with E-state index in [9.17, 15) is 0 Å². The molecule has 4 unspecified atom stereocenters. The fraction of sp³-hybridized carbons (Fsp3) is 0.500. The quantitative estimate of drug-likeness (QED) is 0.358. The van der Waals surface area contributed by atoms with Crippen LogP contribution in [0.3, 0.4) is 0 Å². The lowest BCUT2D eigenvalue weighted by Crippen LogP contribution is -2.27. The van der Waals surface area contributed by atoms with Gasteiger partial charge in [-0.25, -0.2) is 0 Å². The highest BCUT2D eigenvalue weighted by atomic mass is 16.5. The average molecular weight is 563 g/mol. The first kappa shape index (κ1) is 27.7. The number of nitrogens with one attached hydrogen (secondary N) is 1. The van der Waals surface area contributed by atoms with Crippen LogP contribution >= 0.6 is 0 Å². The second-order valence-electron chi connectivity index (χ2n) is 13.5. The van der Waals surface area contributed by atoms with Crippen LogP contribution in [0.15, 0.2) is 69.9 Å². The summed E-state index contributed by atoms with van der Waals surface area (Å²) in [5.41, 5.74) is 12.2. The van der Waals surface area contributed by atoms with E-state index < -0.39 is 0 Å². The van der Waals surface area contributed by atoms with E-state index >= 15 is 0 Å². The number of hydrogen-bond acceptors (Lipinski definition) is 4. The molecule has 220 valence electrons. The van der Waals surface area contributed by atoms with Gasteiger partial charge in [0.15, 0.2) is 0 Å². The Labute approximate surface area is 252 Å². The number of rotatable bonds is 6. The molecule has 2 saturated carbocycles. The van der Waals surface area contributed by atoms with E-state index in [-0.39, 0.29) is 5.41 Å². The number of benzene rings is 2. The molecule has 0 bridgehead atoms. The average Bonchev–Trinajstić information content (AvgIpc) is 3.64. The Balaban J connectivity index is 1.16. The molecule has 2 aliphatic heterocycles. The Hall–Kier alpha value is -3.11. The predicted octanol–water partition coefficient (Wildman–Crippen LogP) is 8.92. The van der Waals surface area contributed by atoms with Gasteiger partial charge in [-0.1, -0.05) is 42.3 Å². The van der Waals surface area contributed by atoms with E-state index in [4.69, 9.17) is 9.47 Å². The molecule has 1 N–H and O–H groups in total. The lowest BCUT2D eigenvalue weighted by Gasteiger charge is -2.33. The number of aliphatic imine (C=N–C) groups is 1. The second-order valence-corrected chi connectivity index (χ2v) is 13.5. The Morgan fingerprint density at radius 1 is 1.05 bits per heavy atom. The van der Waals surface area contributed by atoms with Gasteiger partial charge < -0.3 is 14.8 Å². The highest BCUT2D eigenvalue weighted by Gasteiger charge is 2.57. The summed E-state index contributed by atoms with van der Waals surface area (Å²) in [5, 5.41) is 3.81. The first-order valence-corrected chi connectivity index (χ1v) is 16.2. The van der Waals surface area contributed by atoms with Crippen molar-refractivity contribution in [1.29, 1.82) is 0 Å². The molecule has 1 saturated heterocycles. The van der Waals surface area contributed by atoms with Crippen molar-refractivity contribution in [3.05, 3.63) is 87.1 Å². The van der Waals surface area contributed by atoms with Gasteiger partial charge in [-0.3, -0.25) is 4.99 Å². The summed E-state index contributed by atoms with van der Waals surface area (Å²) < 4.78 is 11.7. The van der Waals surface area contributed by atoms with Crippen molar-refractivity contribution in [3.63, 3.8) is 0 Å². The summed E-state index contributed by atoms with van der Waals surface area (Å²) in [5.74, 6) is 3.05. The van der Waals surface area contributed by atoms with Crippen molar-refractivity contribution < 1.29 is 9.47 Å². The summed E-state index contributed by atoms with van der Waals surface area (Å²) in [6.07, 6.45) is 16.8. The standard InChI is InChI=1S/C38H46N2O2/c1-24-26(3)39-23-30(24)19-29-11-12-36(25(2)37(29)41-4)38-16-13-35-27(20-31(38)22-38)8-6-10-34(35)28-7-5-9-33(21-28)40-32-14-17-42-18-15-32/h5,7,9,11-13,19,21,23,27,31-32,34,40H,6,8,10,14-18,20,22H2,1-4H3. The fourth-order valence-corrected chi connectivity index (χ4v) is 8.57. The van der Waals surface area contributed by atoms with Crippen LogP contribution in [0.1, 0.15) is 93.4 Å². The Morgan fingerprint density at radius 2 is 1.90 bits per heavy atom. The van der Waals surface area contributed by atoms with Crippen LogP contribution in [0, 0.1) is 18.8 Å². The summed E-state index contributed by atoms with van der Waals surface area (Å²) in [7, 11) is 1.83. The number of allylic oxidation sites excluding steroid dienone is 5. The van der Waals surface area contributed by atoms with Crippen LogP contribution in [0.25, 0.3) is 6.08 Å². The van der Waals surface area contributed by atoms with Crippen molar-refractivity contribution in [2.45, 2.75) is 89.5 Å². The van der Waals surface area contributed by atoms with Crippen LogP contribution in [0.2, 0.25) is 0 Å². The van der Waals surface area contributed by atoms with Crippen LogP contribution in [0.5, 0.6) is 5.75 Å². The number of methoxy groups -OCH3 is 1. The smallest absolute Gasteiger partial charge is 0.129 e. The minimum Gasteiger partial charge on any atom is -0.496 e. The summed E-state index contributed by atoms with van der Waals surface area (Å²) in [4.78, 5) is 4.52. The van der Waals surface area contributed by atoms with Gasteiger partial charge in [0.05, 0.1) is 7.11 Å². The summed E-state index contributed by atoms with van der Waals surface area (Å²) >= 11 is 0. The SMILES string of the molecule is COc1c(C=C2C=NC(C)=C2C)ccc(C23CC=C4C(CCCC4c4cccc(NC5CCOCC5)c4)CC2C3)c1C. The van der Waals surface area contributed by atoms with Crippen molar-refractivity contribution in [1.82, 2.24) is 0 Å². The molecule has 0 amide bonds. The minimum atomic E-state index is 0.256. The Morgan fingerprint density at radius 3 is 2.69 bits per heavy atom. The third-order valence-corrected chi connectivity index (χ3v) is 11.2. The summed E-state index contributed by atoms with van der Waals surface area (Å²) in [6.45, 7) is 8.25. The number of nitrogens with zero attached hydrogens (tertiary/aromatic N) is 1. The molecule has 2 heterocycles. The predicted molar refractivity (Wildman–Crippen MR) is 174 cm³/mol. The van der Waals surface area contributed by atoms with Gasteiger partial charge in [0.1, 0.15) is 5.75 Å². The van der Waals surface area contributed by atoms with E-state index in [0.717, 1.165) is 61.3 Å². The van der Waals surface area contributed by atoms with Gasteiger partial charge in [-0.05, 0) is 124 Å². The lowest BCUT2D eigenvalue weighted by molar-refractivity contribution is 0.0904. The molecule has 0 spiro atoms. The highest BCUT2D eigenvalue weighted by Crippen LogP contribution is 2.64. The number of hydrogen-bond donors (Lipinski definition) is 1. The Kier molecular flexibility index (Phi) is 7.38. The van der Waals surface area contributed by atoms with Gasteiger partial charge in [-0.2, -0.15) is 0 Å². The van der Waals surface area contributed by atoms with E-state index in [1.165, 1.54) is 65.6 Å². The Bertz CT molecular complexity index is 1490. The zero-order valence-corrected chi connectivity index (χ0v) is 25.8. The third kappa shape index (κ3) is 4.96. The van der Waals surface area contributed by atoms with Crippen molar-refractivity contribution in [2.75, 3.05) is 25.6 Å². The monoisotopic (exact) mass is 562 g/mol. The molecule has 4 nitrogen and oxygen atoms in total. The molecule has 5 aliphatic rings. The lowest BCUT2D eigenvalue weighted by atomic mass is 9.72. The van der Waals surface area contributed by atoms with E-state index in [1.807, 2.05) is 13.3 Å². The molecule has 3 fully saturated rings. The van der Waals surface area contributed by atoms with Crippen molar-refractivity contribution >= 4 is 18.0 Å². The van der Waals surface area contributed by atoms with Gasteiger partial charge in [0.25, 0.3) is 0 Å². The highest BCUT2D eigenvalue weighted by molar-refractivity contribution is 5.95. The van der Waals surface area contributed by atoms with Gasteiger partial charge in [0, 0.05) is 53.8 Å². The maximum absolute atomic E-state index is 6.08. The molecule has 2 aromatic carbocycles. The van der Waals surface area contributed by atoms with Gasteiger partial charge in [-0.15, -0.1) is 0 Å². The molecule has 3 aliphatic carbocycles. The van der Waals surface area contributed by atoms with Crippen LogP contribution in [-0.2, 0) is 10.2 Å². The zero-order chi connectivity index (χ0) is 28.8. The number of anilines is 1. The first-order chi connectivity index (χ1) is 20.5. The van der Waals surface area contributed by atoms with Crippen molar-refractivity contribution in [2.24, 2.45) is 16.8 Å². The largest absolute Gasteiger partial charge is 0.496 e. The van der Waals surface area contributed by atoms with Gasteiger partial charge in [0.2, 0.25) is 0 Å². The number of fused-ring (bicyclic) bond motifs is 2. The molecule has 7 rings (SSSR count). The minimum absolute atomic E-state index is 0.256. The normalized spacial score (nSPS) is 30.0. The second kappa shape index (κ2) is 11.2. The zero-order valence-electron chi connectivity index (χ0n) is 25.8. The summed E-state index contributed by atoms with van der Waals surface area (Å²) in [6, 6.07) is 14.6. The van der Waals surface area contributed by atoms with E-state index in [2.05, 4.69) is 79.6 Å². The molecule has 4 atom stereocenters. The molecule has 0 aromatic heterocycles. The van der Waals surface area contributed by atoms with E-state index in [1.54, 1.807) is 5.57 Å². The molecular weight excluding hydrogens is 516 g/mol. The molecule has 0 radical (unpaired) electrons. The van der Waals surface area contributed by atoms with Crippen LogP contribution in [0.4, 0.5) is 5.69 Å². The van der Waals surface area contributed by atoms with Crippen LogP contribution in [-0.4, -0.2) is 32.6 Å². The molecule has 42 heavy (non-hydrogen) atoms. The maximum Gasteiger partial charge on any atom is 0.129 e. The van der Waals surface area contributed by atoms with Gasteiger partial charge >= 0.3 is 0 Å². The molecule has 4 heteroatoms. The van der Waals surface area contributed by atoms with Crippen LogP contribution < -0.4 is 10.1 Å².